The maximum absolute atomic E-state index is 13.6. The molecule has 0 bridgehead atoms. The Morgan fingerprint density at radius 1 is 1.44 bits per heavy atom. The highest BCUT2D eigenvalue weighted by molar-refractivity contribution is 5.69. The molecule has 0 radical (unpaired) electrons. The third kappa shape index (κ3) is 1.57. The summed E-state index contributed by atoms with van der Waals surface area (Å²) in [4.78, 5) is 10.9. The van der Waals surface area contributed by atoms with Gasteiger partial charge in [0.05, 0.1) is 13.0 Å². The molecule has 1 atom stereocenters. The zero-order valence-corrected chi connectivity index (χ0v) is 9.58. The number of hydrogen-bond donors (Lipinski definition) is 1. The number of aliphatic carboxylic acids is 1. The van der Waals surface area contributed by atoms with Crippen LogP contribution in [0.15, 0.2) is 12.1 Å². The largest absolute Gasteiger partial charge is 0.489 e. The van der Waals surface area contributed by atoms with Crippen molar-refractivity contribution in [1.29, 1.82) is 0 Å². The summed E-state index contributed by atoms with van der Waals surface area (Å²) in [5.74, 6) is -3.30. The van der Waals surface area contributed by atoms with E-state index in [-0.39, 0.29) is 30.1 Å². The molecule has 0 aromatic heterocycles. The Hall–Kier alpha value is -1.65. The van der Waals surface area contributed by atoms with Gasteiger partial charge in [0.1, 0.15) is 0 Å². The molecule has 5 heteroatoms. The van der Waals surface area contributed by atoms with Crippen molar-refractivity contribution < 1.29 is 23.4 Å². The van der Waals surface area contributed by atoms with Crippen molar-refractivity contribution in [3.8, 4) is 5.75 Å². The minimum Gasteiger partial charge on any atom is -0.489 e. The van der Waals surface area contributed by atoms with Gasteiger partial charge in [-0.3, -0.25) is 4.79 Å². The van der Waals surface area contributed by atoms with E-state index in [0.29, 0.717) is 5.56 Å². The lowest BCUT2D eigenvalue weighted by Crippen LogP contribution is -2.30. The molecule has 1 aromatic rings. The Morgan fingerprint density at radius 2 is 2.17 bits per heavy atom. The maximum Gasteiger partial charge on any atom is 0.303 e. The average Bonchev–Trinajstić information content (AvgIpc) is 3.08. The van der Waals surface area contributed by atoms with Crippen LogP contribution in [0.5, 0.6) is 5.75 Å². The molecule has 1 aromatic carbocycles. The summed E-state index contributed by atoms with van der Waals surface area (Å²) in [7, 11) is 0. The Labute approximate surface area is 102 Å². The first-order chi connectivity index (χ1) is 8.53. The average molecular weight is 254 g/mol. The molecular weight excluding hydrogens is 242 g/mol. The minimum atomic E-state index is -1.02. The third-order valence-corrected chi connectivity index (χ3v) is 3.97. The van der Waals surface area contributed by atoms with Crippen LogP contribution in [0.2, 0.25) is 0 Å². The van der Waals surface area contributed by atoms with Crippen LogP contribution < -0.4 is 4.74 Å². The molecule has 1 heterocycles. The standard InChI is InChI=1S/C13H12F2O3/c14-9-2-1-7-8(5-10(16)17)13(3-4-13)6-18-12(7)11(9)15/h1-2,8H,3-6H2,(H,16,17). The maximum atomic E-state index is 13.6. The molecule has 0 saturated heterocycles. The van der Waals surface area contributed by atoms with Crippen molar-refractivity contribution >= 4 is 5.97 Å². The molecule has 1 fully saturated rings. The number of benzene rings is 1. The summed E-state index contributed by atoms with van der Waals surface area (Å²) < 4.78 is 32.1. The van der Waals surface area contributed by atoms with Crippen LogP contribution in [0.1, 0.15) is 30.7 Å². The zero-order valence-electron chi connectivity index (χ0n) is 9.58. The zero-order chi connectivity index (χ0) is 12.9. The van der Waals surface area contributed by atoms with Crippen LogP contribution in [0, 0.1) is 17.0 Å². The minimum absolute atomic E-state index is 0.0680. The van der Waals surface area contributed by atoms with Crippen LogP contribution >= 0.6 is 0 Å². The molecular formula is C13H12F2O3. The number of ether oxygens (including phenoxy) is 1. The quantitative estimate of drug-likeness (QED) is 0.882. The van der Waals surface area contributed by atoms with Crippen LogP contribution in [-0.4, -0.2) is 17.7 Å². The summed E-state index contributed by atoms with van der Waals surface area (Å²) >= 11 is 0. The fourth-order valence-electron chi connectivity index (χ4n) is 2.77. The summed E-state index contributed by atoms with van der Waals surface area (Å²) in [6.07, 6.45) is 1.69. The predicted molar refractivity (Wildman–Crippen MR) is 58.5 cm³/mol. The molecule has 1 aliphatic carbocycles. The van der Waals surface area contributed by atoms with Gasteiger partial charge < -0.3 is 9.84 Å². The first-order valence-corrected chi connectivity index (χ1v) is 5.86. The topological polar surface area (TPSA) is 46.5 Å². The number of hydrogen-bond acceptors (Lipinski definition) is 2. The van der Waals surface area contributed by atoms with E-state index in [0.717, 1.165) is 18.9 Å². The van der Waals surface area contributed by atoms with E-state index in [1.807, 2.05) is 0 Å². The fraction of sp³-hybridized carbons (Fsp3) is 0.462. The van der Waals surface area contributed by atoms with Crippen molar-refractivity contribution in [2.45, 2.75) is 25.2 Å². The smallest absolute Gasteiger partial charge is 0.303 e. The van der Waals surface area contributed by atoms with E-state index in [2.05, 4.69) is 0 Å². The summed E-state index contributed by atoms with van der Waals surface area (Å²) in [6, 6.07) is 2.48. The second-order valence-electron chi connectivity index (χ2n) is 5.08. The van der Waals surface area contributed by atoms with Crippen molar-refractivity contribution in [1.82, 2.24) is 0 Å². The van der Waals surface area contributed by atoms with Gasteiger partial charge in [-0.15, -0.1) is 0 Å². The molecule has 3 nitrogen and oxygen atoms in total. The van der Waals surface area contributed by atoms with E-state index in [4.69, 9.17) is 9.84 Å². The Kier molecular flexibility index (Phi) is 2.33. The Bertz CT molecular complexity index is 523. The van der Waals surface area contributed by atoms with Gasteiger partial charge in [0.15, 0.2) is 11.6 Å². The van der Waals surface area contributed by atoms with E-state index in [1.54, 1.807) is 0 Å². The summed E-state index contributed by atoms with van der Waals surface area (Å²) in [5.41, 5.74) is 0.301. The van der Waals surface area contributed by atoms with Gasteiger partial charge in [0.2, 0.25) is 5.82 Å². The van der Waals surface area contributed by atoms with Gasteiger partial charge in [-0.25, -0.2) is 4.39 Å². The Morgan fingerprint density at radius 3 is 2.78 bits per heavy atom. The van der Waals surface area contributed by atoms with Gasteiger partial charge in [-0.2, -0.15) is 4.39 Å². The van der Waals surface area contributed by atoms with Gasteiger partial charge in [0, 0.05) is 16.9 Å². The van der Waals surface area contributed by atoms with Gasteiger partial charge in [0.25, 0.3) is 0 Å². The molecule has 1 aliphatic heterocycles. The predicted octanol–water partition coefficient (Wildman–Crippen LogP) is 2.70. The van der Waals surface area contributed by atoms with E-state index in [1.165, 1.54) is 6.07 Å². The number of carbonyl (C=O) groups is 1. The van der Waals surface area contributed by atoms with Gasteiger partial charge >= 0.3 is 5.97 Å². The van der Waals surface area contributed by atoms with E-state index in [9.17, 15) is 13.6 Å². The second-order valence-corrected chi connectivity index (χ2v) is 5.08. The molecule has 1 spiro atoms. The highest BCUT2D eigenvalue weighted by atomic mass is 19.2. The molecule has 1 N–H and O–H groups in total. The van der Waals surface area contributed by atoms with Gasteiger partial charge in [-0.05, 0) is 18.9 Å². The van der Waals surface area contributed by atoms with E-state index < -0.39 is 17.6 Å². The molecule has 96 valence electrons. The molecule has 18 heavy (non-hydrogen) atoms. The van der Waals surface area contributed by atoms with Crippen molar-refractivity contribution in [3.63, 3.8) is 0 Å². The lowest BCUT2D eigenvalue weighted by Gasteiger charge is -2.33. The summed E-state index contributed by atoms with van der Waals surface area (Å²) in [5, 5.41) is 8.97. The van der Waals surface area contributed by atoms with Gasteiger partial charge in [-0.1, -0.05) is 6.07 Å². The van der Waals surface area contributed by atoms with Crippen molar-refractivity contribution in [2.75, 3.05) is 6.61 Å². The highest BCUT2D eigenvalue weighted by Gasteiger charge is 2.54. The number of carboxylic acid groups (broad SMARTS) is 1. The second kappa shape index (κ2) is 3.67. The third-order valence-electron chi connectivity index (χ3n) is 3.97. The number of carboxylic acids is 1. The van der Waals surface area contributed by atoms with E-state index >= 15 is 0 Å². The van der Waals surface area contributed by atoms with Crippen LogP contribution in [-0.2, 0) is 4.79 Å². The molecule has 1 saturated carbocycles. The van der Waals surface area contributed by atoms with Crippen LogP contribution in [0.25, 0.3) is 0 Å². The molecule has 0 amide bonds. The first kappa shape index (κ1) is 11.4. The first-order valence-electron chi connectivity index (χ1n) is 5.86. The molecule has 3 rings (SSSR count). The van der Waals surface area contributed by atoms with Crippen LogP contribution in [0.3, 0.4) is 0 Å². The van der Waals surface area contributed by atoms with Crippen LogP contribution in [0.4, 0.5) is 8.78 Å². The normalized spacial score (nSPS) is 23.3. The molecule has 1 unspecified atom stereocenters. The monoisotopic (exact) mass is 254 g/mol. The lowest BCUT2D eigenvalue weighted by molar-refractivity contribution is -0.138. The highest BCUT2D eigenvalue weighted by Crippen LogP contribution is 2.61. The fourth-order valence-corrected chi connectivity index (χ4v) is 2.77. The number of halogens is 2. The number of fused-ring (bicyclic) bond motifs is 1. The molecule has 2 aliphatic rings. The van der Waals surface area contributed by atoms with Crippen molar-refractivity contribution in [3.05, 3.63) is 29.3 Å². The Balaban J connectivity index is 2.07. The van der Waals surface area contributed by atoms with Crippen molar-refractivity contribution in [2.24, 2.45) is 5.41 Å². The summed E-state index contributed by atoms with van der Waals surface area (Å²) in [6.45, 7) is 0.276. The lowest BCUT2D eigenvalue weighted by atomic mass is 9.79. The SMILES string of the molecule is O=C(O)CC1c2ccc(F)c(F)c2OCC12CC2. The number of rotatable bonds is 2.